The van der Waals surface area contributed by atoms with Crippen molar-refractivity contribution in [3.8, 4) is 11.1 Å². The average Bonchev–Trinajstić information content (AvgIpc) is 3.24. The van der Waals surface area contributed by atoms with Crippen molar-refractivity contribution in [3.63, 3.8) is 0 Å². The Morgan fingerprint density at radius 1 is 0.357 bits per heavy atom. The van der Waals surface area contributed by atoms with Gasteiger partial charge in [-0.3, -0.25) is 0 Å². The van der Waals surface area contributed by atoms with Gasteiger partial charge >= 0.3 is 0 Å². The molecule has 0 amide bonds. The first-order chi connectivity index (χ1) is 27.6. The van der Waals surface area contributed by atoms with Crippen molar-refractivity contribution < 1.29 is 0 Å². The number of benzene rings is 4. The van der Waals surface area contributed by atoms with E-state index in [0.29, 0.717) is 0 Å². The van der Waals surface area contributed by atoms with Gasteiger partial charge in [-0.15, -0.1) is 0 Å². The minimum Gasteiger partial charge on any atom is -0.372 e. The second kappa shape index (κ2) is 24.6. The smallest absolute Gasteiger partial charge is 0.0366 e. The molecule has 0 aromatic heterocycles. The lowest BCUT2D eigenvalue weighted by molar-refractivity contribution is 0.609. The SMILES string of the molecule is CCCCCCN(CCCCCC)c1ccc(/C=C/c2ccc3c(c2)CCc2cc(/C=C/c4ccc(N(CCCCCC)CCCCCC)cc4)ccc2-3)cc1. The number of rotatable bonds is 26. The molecule has 0 N–H and O–H groups in total. The molecule has 0 bridgehead atoms. The molecule has 0 saturated carbocycles. The Kier molecular flexibility index (Phi) is 18.9. The quantitative estimate of drug-likeness (QED) is 0.0466. The Labute approximate surface area is 343 Å². The lowest BCUT2D eigenvalue weighted by atomic mass is 9.84. The molecule has 56 heavy (non-hydrogen) atoms. The van der Waals surface area contributed by atoms with Crippen LogP contribution in [0, 0.1) is 0 Å². The van der Waals surface area contributed by atoms with Crippen LogP contribution in [-0.2, 0) is 12.8 Å². The number of aryl methyl sites for hydroxylation is 2. The van der Waals surface area contributed by atoms with Crippen molar-refractivity contribution in [2.24, 2.45) is 0 Å². The van der Waals surface area contributed by atoms with Crippen LogP contribution in [0.1, 0.15) is 164 Å². The first-order valence-corrected chi connectivity index (χ1v) is 22.9. The summed E-state index contributed by atoms with van der Waals surface area (Å²) in [7, 11) is 0. The highest BCUT2D eigenvalue weighted by molar-refractivity contribution is 5.79. The van der Waals surface area contributed by atoms with Crippen LogP contribution in [0.2, 0.25) is 0 Å². The summed E-state index contributed by atoms with van der Waals surface area (Å²) in [5.41, 5.74) is 13.6. The molecule has 5 rings (SSSR count). The fourth-order valence-corrected chi connectivity index (χ4v) is 8.28. The molecule has 4 aromatic rings. The highest BCUT2D eigenvalue weighted by Crippen LogP contribution is 2.35. The molecule has 0 spiro atoms. The third-order valence-corrected chi connectivity index (χ3v) is 11.8. The molecule has 0 radical (unpaired) electrons. The molecule has 1 aliphatic carbocycles. The third kappa shape index (κ3) is 13.9. The van der Waals surface area contributed by atoms with E-state index >= 15 is 0 Å². The van der Waals surface area contributed by atoms with E-state index in [1.54, 1.807) is 0 Å². The van der Waals surface area contributed by atoms with Crippen molar-refractivity contribution >= 4 is 35.7 Å². The van der Waals surface area contributed by atoms with E-state index < -0.39 is 0 Å². The predicted octanol–water partition coefficient (Wildman–Crippen LogP) is 15.7. The first-order valence-electron chi connectivity index (χ1n) is 22.9. The number of anilines is 2. The monoisotopic (exact) mass is 751 g/mol. The summed E-state index contributed by atoms with van der Waals surface area (Å²) in [4.78, 5) is 5.25. The van der Waals surface area contributed by atoms with Crippen molar-refractivity contribution in [1.82, 2.24) is 0 Å². The molecule has 0 unspecified atom stereocenters. The molecule has 2 nitrogen and oxygen atoms in total. The zero-order valence-corrected chi connectivity index (χ0v) is 35.8. The molecular weight excluding hydrogens is 677 g/mol. The van der Waals surface area contributed by atoms with Crippen LogP contribution in [0.3, 0.4) is 0 Å². The minimum absolute atomic E-state index is 1.09. The summed E-state index contributed by atoms with van der Waals surface area (Å²) in [5.74, 6) is 0. The van der Waals surface area contributed by atoms with Gasteiger partial charge in [0.05, 0.1) is 0 Å². The van der Waals surface area contributed by atoms with E-state index in [9.17, 15) is 0 Å². The van der Waals surface area contributed by atoms with Gasteiger partial charge in [-0.25, -0.2) is 0 Å². The maximum absolute atomic E-state index is 2.62. The van der Waals surface area contributed by atoms with Crippen LogP contribution >= 0.6 is 0 Å². The molecule has 2 heteroatoms. The zero-order valence-electron chi connectivity index (χ0n) is 35.8. The van der Waals surface area contributed by atoms with Crippen LogP contribution < -0.4 is 9.80 Å². The topological polar surface area (TPSA) is 6.48 Å². The van der Waals surface area contributed by atoms with Crippen molar-refractivity contribution in [3.05, 3.63) is 118 Å². The fourth-order valence-electron chi connectivity index (χ4n) is 8.28. The molecule has 0 aliphatic heterocycles. The van der Waals surface area contributed by atoms with Gasteiger partial charge in [-0.2, -0.15) is 0 Å². The highest BCUT2D eigenvalue weighted by atomic mass is 15.1. The highest BCUT2D eigenvalue weighted by Gasteiger charge is 2.16. The first kappa shape index (κ1) is 43.1. The van der Waals surface area contributed by atoms with Gasteiger partial charge in [-0.05, 0) is 107 Å². The summed E-state index contributed by atoms with van der Waals surface area (Å²) >= 11 is 0. The second-order valence-electron chi connectivity index (χ2n) is 16.4. The average molecular weight is 751 g/mol. The minimum atomic E-state index is 1.09. The van der Waals surface area contributed by atoms with Crippen LogP contribution in [0.4, 0.5) is 11.4 Å². The Balaban J connectivity index is 1.18. The molecular formula is C54H74N2. The summed E-state index contributed by atoms with van der Waals surface area (Å²) in [6, 6.07) is 32.6. The Bertz CT molecular complexity index is 1590. The second-order valence-corrected chi connectivity index (χ2v) is 16.4. The van der Waals surface area contributed by atoms with Crippen molar-refractivity contribution in [1.29, 1.82) is 0 Å². The summed E-state index contributed by atoms with van der Waals surface area (Å²) in [6.07, 6.45) is 32.4. The number of hydrogen-bond donors (Lipinski definition) is 0. The van der Waals surface area contributed by atoms with Gasteiger partial charge in [0, 0.05) is 37.6 Å². The number of hydrogen-bond acceptors (Lipinski definition) is 2. The number of unbranched alkanes of at least 4 members (excludes halogenated alkanes) is 12. The molecule has 300 valence electrons. The molecule has 0 fully saturated rings. The van der Waals surface area contributed by atoms with Crippen molar-refractivity contribution in [2.75, 3.05) is 36.0 Å². The molecule has 0 saturated heterocycles. The van der Waals surface area contributed by atoms with Crippen LogP contribution in [0.15, 0.2) is 84.9 Å². The van der Waals surface area contributed by atoms with E-state index in [2.05, 4.69) is 147 Å². The van der Waals surface area contributed by atoms with E-state index in [0.717, 1.165) is 12.8 Å². The lowest BCUT2D eigenvalue weighted by Gasteiger charge is -2.25. The molecule has 4 aromatic carbocycles. The molecule has 0 atom stereocenters. The van der Waals surface area contributed by atoms with E-state index in [4.69, 9.17) is 0 Å². The van der Waals surface area contributed by atoms with Gasteiger partial charge < -0.3 is 9.80 Å². The van der Waals surface area contributed by atoms with Gasteiger partial charge in [0.25, 0.3) is 0 Å². The predicted molar refractivity (Wildman–Crippen MR) is 251 cm³/mol. The number of nitrogens with zero attached hydrogens (tertiary/aromatic N) is 2. The Morgan fingerprint density at radius 2 is 0.661 bits per heavy atom. The maximum atomic E-state index is 2.62. The lowest BCUT2D eigenvalue weighted by Crippen LogP contribution is -2.25. The van der Waals surface area contributed by atoms with Crippen LogP contribution in [0.25, 0.3) is 35.4 Å². The number of fused-ring (bicyclic) bond motifs is 3. The van der Waals surface area contributed by atoms with Crippen LogP contribution in [-0.4, -0.2) is 26.2 Å². The molecule has 1 aliphatic rings. The Hall–Kier alpha value is -4.04. The summed E-state index contributed by atoms with van der Waals surface area (Å²) in [6.45, 7) is 13.9. The van der Waals surface area contributed by atoms with E-state index in [1.807, 2.05) is 0 Å². The van der Waals surface area contributed by atoms with E-state index in [1.165, 1.54) is 185 Å². The zero-order chi connectivity index (χ0) is 39.2. The van der Waals surface area contributed by atoms with Gasteiger partial charge in [-0.1, -0.05) is 190 Å². The third-order valence-electron chi connectivity index (χ3n) is 11.8. The normalized spacial score (nSPS) is 12.4. The summed E-state index contributed by atoms with van der Waals surface area (Å²) in [5, 5.41) is 0. The van der Waals surface area contributed by atoms with Gasteiger partial charge in [0.2, 0.25) is 0 Å². The molecule has 0 heterocycles. The fraction of sp³-hybridized carbons (Fsp3) is 0.481. The Morgan fingerprint density at radius 3 is 0.982 bits per heavy atom. The van der Waals surface area contributed by atoms with Crippen molar-refractivity contribution in [2.45, 2.75) is 143 Å². The van der Waals surface area contributed by atoms with Crippen LogP contribution in [0.5, 0.6) is 0 Å². The van der Waals surface area contributed by atoms with Gasteiger partial charge in [0.1, 0.15) is 0 Å². The standard InChI is InChI=1S/C54H74N2/c1-5-9-13-17-39-55(40-18-14-10-6-2)51-33-25-45(26-34-51)21-23-47-29-37-53-49(43-47)31-32-50-44-48(30-38-54(50)53)24-22-46-27-35-52(36-28-46)56(41-19-15-11-7-3)42-20-16-12-8-4/h21-30,33-38,43-44H,5-20,31-32,39-42H2,1-4H3/b23-21+,24-22+. The van der Waals surface area contributed by atoms with E-state index in [-0.39, 0.29) is 0 Å². The maximum Gasteiger partial charge on any atom is 0.0366 e. The van der Waals surface area contributed by atoms with Gasteiger partial charge in [0.15, 0.2) is 0 Å². The summed E-state index contributed by atoms with van der Waals surface area (Å²) < 4.78 is 0. The largest absolute Gasteiger partial charge is 0.372 e.